The Morgan fingerprint density at radius 3 is 2.67 bits per heavy atom. The van der Waals surface area contributed by atoms with Crippen molar-refractivity contribution in [3.63, 3.8) is 0 Å². The number of rotatable bonds is 7. The first kappa shape index (κ1) is 17.1. The summed E-state index contributed by atoms with van der Waals surface area (Å²) in [7, 11) is 0. The molecular weight excluding hydrogens is 348 g/mol. The van der Waals surface area contributed by atoms with Gasteiger partial charge in [-0.2, -0.15) is 16.9 Å². The highest BCUT2D eigenvalue weighted by molar-refractivity contribution is 9.10. The Labute approximate surface area is 140 Å². The predicted octanol–water partition coefficient (Wildman–Crippen LogP) is 4.41. The molecule has 1 aromatic heterocycles. The fourth-order valence-corrected chi connectivity index (χ4v) is 4.76. The number of halogens is 1. The van der Waals surface area contributed by atoms with Crippen LogP contribution in [-0.2, 0) is 24.2 Å². The van der Waals surface area contributed by atoms with Crippen LogP contribution in [0.25, 0.3) is 0 Å². The van der Waals surface area contributed by atoms with Crippen molar-refractivity contribution in [2.45, 2.75) is 70.6 Å². The van der Waals surface area contributed by atoms with Crippen LogP contribution in [0.15, 0.2) is 4.47 Å². The molecule has 5 heteroatoms. The molecular formula is C16H25BrN2OS. The van der Waals surface area contributed by atoms with Gasteiger partial charge < -0.3 is 0 Å². The van der Waals surface area contributed by atoms with Crippen LogP contribution in [0.3, 0.4) is 0 Å². The molecule has 0 atom stereocenters. The summed E-state index contributed by atoms with van der Waals surface area (Å²) < 4.78 is 2.99. The number of aromatic nitrogens is 2. The highest BCUT2D eigenvalue weighted by atomic mass is 79.9. The van der Waals surface area contributed by atoms with Crippen LogP contribution in [0, 0.1) is 0 Å². The van der Waals surface area contributed by atoms with E-state index in [9.17, 15) is 4.79 Å². The number of ketones is 1. The predicted molar refractivity (Wildman–Crippen MR) is 93.0 cm³/mol. The van der Waals surface area contributed by atoms with Gasteiger partial charge in [-0.1, -0.05) is 26.2 Å². The maximum Gasteiger partial charge on any atom is 0.148 e. The van der Waals surface area contributed by atoms with Crippen molar-refractivity contribution in [1.82, 2.24) is 9.78 Å². The number of carbonyl (C=O) groups excluding carboxylic acids is 1. The minimum absolute atomic E-state index is 0.323. The molecule has 1 aliphatic carbocycles. The van der Waals surface area contributed by atoms with Gasteiger partial charge in [0.1, 0.15) is 5.78 Å². The molecule has 3 nitrogen and oxygen atoms in total. The molecule has 1 fully saturated rings. The second kappa shape index (κ2) is 8.37. The van der Waals surface area contributed by atoms with Gasteiger partial charge >= 0.3 is 0 Å². The average molecular weight is 373 g/mol. The molecule has 0 saturated heterocycles. The second-order valence-electron chi connectivity index (χ2n) is 5.66. The summed E-state index contributed by atoms with van der Waals surface area (Å²) in [4.78, 5) is 12.3. The van der Waals surface area contributed by atoms with Crippen molar-refractivity contribution < 1.29 is 4.79 Å². The van der Waals surface area contributed by atoms with Crippen LogP contribution in [0.4, 0.5) is 0 Å². The van der Waals surface area contributed by atoms with Crippen LogP contribution in [-0.4, -0.2) is 26.6 Å². The van der Waals surface area contributed by atoms with Crippen molar-refractivity contribution in [3.05, 3.63) is 15.9 Å². The molecule has 118 valence electrons. The first-order chi connectivity index (χ1) is 10.2. The number of thioether (sulfide) groups is 1. The first-order valence-corrected chi connectivity index (χ1v) is 9.87. The van der Waals surface area contributed by atoms with E-state index in [-0.39, 0.29) is 0 Å². The number of hydrogen-bond donors (Lipinski definition) is 0. The highest BCUT2D eigenvalue weighted by Crippen LogP contribution is 2.29. The van der Waals surface area contributed by atoms with Gasteiger partial charge in [0.05, 0.1) is 28.0 Å². The second-order valence-corrected chi connectivity index (χ2v) is 7.74. The van der Waals surface area contributed by atoms with Crippen molar-refractivity contribution in [2.75, 3.05) is 5.75 Å². The third-order valence-electron chi connectivity index (χ3n) is 4.09. The molecule has 21 heavy (non-hydrogen) atoms. The molecule has 1 aliphatic rings. The Morgan fingerprint density at radius 2 is 2.05 bits per heavy atom. The quantitative estimate of drug-likeness (QED) is 0.710. The van der Waals surface area contributed by atoms with Gasteiger partial charge in [0.2, 0.25) is 0 Å². The normalized spacial score (nSPS) is 16.3. The summed E-state index contributed by atoms with van der Waals surface area (Å²) in [6.45, 7) is 4.98. The standard InChI is InChI=1S/C16H25BrN2OS/c1-3-14-16(17)15(19(4-2)18-14)10-12(20)11-21-13-8-6-5-7-9-13/h13H,3-11H2,1-2H3. The smallest absolute Gasteiger partial charge is 0.148 e. The Hall–Kier alpha value is -0.290. The maximum atomic E-state index is 12.3. The lowest BCUT2D eigenvalue weighted by Gasteiger charge is -2.20. The SMILES string of the molecule is CCc1nn(CC)c(CC(=O)CSC2CCCCC2)c1Br. The Morgan fingerprint density at radius 1 is 1.33 bits per heavy atom. The summed E-state index contributed by atoms with van der Waals surface area (Å²) in [5.74, 6) is 0.969. The van der Waals surface area contributed by atoms with Gasteiger partial charge in [0.15, 0.2) is 0 Å². The van der Waals surface area contributed by atoms with Crippen LogP contribution in [0.2, 0.25) is 0 Å². The molecule has 0 N–H and O–H groups in total. The van der Waals surface area contributed by atoms with Gasteiger partial charge in [0.25, 0.3) is 0 Å². The van der Waals surface area contributed by atoms with Crippen LogP contribution in [0.5, 0.6) is 0 Å². The van der Waals surface area contributed by atoms with Crippen LogP contribution < -0.4 is 0 Å². The number of Topliss-reactive ketones (excluding diaryl/α,β-unsaturated/α-hetero) is 1. The summed E-state index contributed by atoms with van der Waals surface area (Å²) >= 11 is 5.48. The molecule has 0 aliphatic heterocycles. The number of hydrogen-bond acceptors (Lipinski definition) is 3. The number of carbonyl (C=O) groups is 1. The van der Waals surface area contributed by atoms with Crippen LogP contribution >= 0.6 is 27.7 Å². The highest BCUT2D eigenvalue weighted by Gasteiger charge is 2.19. The molecule has 0 unspecified atom stereocenters. The van der Waals surface area contributed by atoms with E-state index in [4.69, 9.17) is 0 Å². The summed E-state index contributed by atoms with van der Waals surface area (Å²) in [5.41, 5.74) is 2.10. The molecule has 1 aromatic rings. The van der Waals surface area contributed by atoms with E-state index in [1.807, 2.05) is 16.4 Å². The monoisotopic (exact) mass is 372 g/mol. The fourth-order valence-electron chi connectivity index (χ4n) is 2.87. The minimum Gasteiger partial charge on any atom is -0.298 e. The van der Waals surface area contributed by atoms with E-state index in [0.29, 0.717) is 23.2 Å². The molecule has 1 saturated carbocycles. The fraction of sp³-hybridized carbons (Fsp3) is 0.750. The summed E-state index contributed by atoms with van der Waals surface area (Å²) in [6, 6.07) is 0. The van der Waals surface area contributed by atoms with Crippen molar-refractivity contribution >= 4 is 33.5 Å². The Kier molecular flexibility index (Phi) is 6.80. The van der Waals surface area contributed by atoms with Gasteiger partial charge in [-0.3, -0.25) is 9.48 Å². The molecule has 0 aromatic carbocycles. The average Bonchev–Trinajstić information content (AvgIpc) is 2.82. The first-order valence-electron chi connectivity index (χ1n) is 8.03. The molecule has 0 bridgehead atoms. The van der Waals surface area contributed by atoms with Gasteiger partial charge in [-0.05, 0) is 42.1 Å². The van der Waals surface area contributed by atoms with Crippen LogP contribution in [0.1, 0.15) is 57.3 Å². The Bertz CT molecular complexity index is 481. The van der Waals surface area contributed by atoms with Gasteiger partial charge in [-0.15, -0.1) is 0 Å². The molecule has 2 rings (SSSR count). The van der Waals surface area contributed by atoms with E-state index in [1.165, 1.54) is 32.1 Å². The molecule has 0 amide bonds. The van der Waals surface area contributed by atoms with E-state index in [1.54, 1.807) is 0 Å². The molecule has 0 radical (unpaired) electrons. The zero-order chi connectivity index (χ0) is 15.2. The van der Waals surface area contributed by atoms with E-state index < -0.39 is 0 Å². The third kappa shape index (κ3) is 4.59. The lowest BCUT2D eigenvalue weighted by molar-refractivity contribution is -0.116. The Balaban J connectivity index is 1.91. The van der Waals surface area contributed by atoms with Crippen molar-refractivity contribution in [2.24, 2.45) is 0 Å². The number of aryl methyl sites for hydroxylation is 2. The lowest BCUT2D eigenvalue weighted by Crippen LogP contribution is -2.15. The zero-order valence-corrected chi connectivity index (χ0v) is 15.4. The third-order valence-corrected chi connectivity index (χ3v) is 6.44. The van der Waals surface area contributed by atoms with Crippen molar-refractivity contribution in [3.8, 4) is 0 Å². The summed E-state index contributed by atoms with van der Waals surface area (Å²) in [5, 5.41) is 5.26. The van der Waals surface area contributed by atoms with Crippen molar-refractivity contribution in [1.29, 1.82) is 0 Å². The lowest BCUT2D eigenvalue weighted by atomic mass is 10.0. The zero-order valence-electron chi connectivity index (χ0n) is 13.0. The summed E-state index contributed by atoms with van der Waals surface area (Å²) in [6.07, 6.45) is 8.00. The largest absolute Gasteiger partial charge is 0.298 e. The molecule has 0 spiro atoms. The van der Waals surface area contributed by atoms with E-state index in [2.05, 4.69) is 34.9 Å². The van der Waals surface area contributed by atoms with Gasteiger partial charge in [0, 0.05) is 11.8 Å². The van der Waals surface area contributed by atoms with Gasteiger partial charge in [-0.25, -0.2) is 0 Å². The topological polar surface area (TPSA) is 34.9 Å². The maximum absolute atomic E-state index is 12.3. The van der Waals surface area contributed by atoms with E-state index >= 15 is 0 Å². The van der Waals surface area contributed by atoms with E-state index in [0.717, 1.165) is 28.8 Å². The molecule has 1 heterocycles. The number of nitrogens with zero attached hydrogens (tertiary/aromatic N) is 2. The minimum atomic E-state index is 0.323.